The number of fused-ring (bicyclic) bond motifs is 1. The lowest BCUT2D eigenvalue weighted by molar-refractivity contribution is -0.120. The van der Waals surface area contributed by atoms with Crippen molar-refractivity contribution in [2.24, 2.45) is 5.41 Å². The Morgan fingerprint density at radius 3 is 2.76 bits per heavy atom. The van der Waals surface area contributed by atoms with Crippen molar-refractivity contribution < 1.29 is 4.79 Å². The normalized spacial score (nSPS) is 14.9. The van der Waals surface area contributed by atoms with Gasteiger partial charge in [-0.3, -0.25) is 4.79 Å². The Labute approximate surface area is 103 Å². The molecular weight excluding hydrogens is 212 g/mol. The third-order valence-electron chi connectivity index (χ3n) is 3.05. The van der Waals surface area contributed by atoms with E-state index in [2.05, 4.69) is 20.8 Å². The molecule has 2 N–H and O–H groups in total. The summed E-state index contributed by atoms with van der Waals surface area (Å²) in [6, 6.07) is 5.80. The van der Waals surface area contributed by atoms with Gasteiger partial charge in [0.1, 0.15) is 0 Å². The van der Waals surface area contributed by atoms with E-state index in [1.54, 1.807) is 0 Å². The first-order valence-electron chi connectivity index (χ1n) is 6.06. The van der Waals surface area contributed by atoms with E-state index in [9.17, 15) is 4.79 Å². The zero-order valence-corrected chi connectivity index (χ0v) is 10.8. The van der Waals surface area contributed by atoms with Crippen molar-refractivity contribution in [3.63, 3.8) is 0 Å². The average molecular weight is 232 g/mol. The Kier molecular flexibility index (Phi) is 2.86. The van der Waals surface area contributed by atoms with Crippen molar-refractivity contribution in [2.45, 2.75) is 33.6 Å². The molecule has 2 rings (SSSR count). The van der Waals surface area contributed by atoms with E-state index in [-0.39, 0.29) is 11.3 Å². The van der Waals surface area contributed by atoms with Crippen LogP contribution in [0.15, 0.2) is 18.2 Å². The Morgan fingerprint density at radius 1 is 1.41 bits per heavy atom. The third kappa shape index (κ3) is 2.43. The number of rotatable bonds is 1. The molecule has 1 aromatic rings. The van der Waals surface area contributed by atoms with Gasteiger partial charge in [-0.05, 0) is 24.0 Å². The van der Waals surface area contributed by atoms with Crippen molar-refractivity contribution >= 4 is 17.3 Å². The Balaban J connectivity index is 2.23. The molecule has 0 spiro atoms. The van der Waals surface area contributed by atoms with Gasteiger partial charge in [0.15, 0.2) is 0 Å². The van der Waals surface area contributed by atoms with Crippen LogP contribution in [0, 0.1) is 5.41 Å². The van der Waals surface area contributed by atoms with E-state index < -0.39 is 0 Å². The molecule has 1 aromatic carbocycles. The van der Waals surface area contributed by atoms with E-state index in [0.717, 1.165) is 29.9 Å². The molecule has 0 aromatic heterocycles. The fraction of sp³-hybridized carbons (Fsp3) is 0.500. The second-order valence-electron chi connectivity index (χ2n) is 5.88. The van der Waals surface area contributed by atoms with Gasteiger partial charge >= 0.3 is 0 Å². The maximum Gasteiger partial charge on any atom is 0.227 e. The highest BCUT2D eigenvalue weighted by Gasteiger charge is 2.28. The maximum atomic E-state index is 12.2. The molecule has 0 radical (unpaired) electrons. The monoisotopic (exact) mass is 232 g/mol. The number of anilines is 2. The summed E-state index contributed by atoms with van der Waals surface area (Å²) >= 11 is 0. The smallest absolute Gasteiger partial charge is 0.227 e. The van der Waals surface area contributed by atoms with Crippen molar-refractivity contribution in [3.05, 3.63) is 23.8 Å². The number of carbonyl (C=O) groups excluding carboxylic acids is 1. The largest absolute Gasteiger partial charge is 0.398 e. The zero-order chi connectivity index (χ0) is 12.6. The molecule has 0 atom stereocenters. The predicted molar refractivity (Wildman–Crippen MR) is 71.0 cm³/mol. The van der Waals surface area contributed by atoms with Gasteiger partial charge in [-0.15, -0.1) is 0 Å². The molecule has 0 unspecified atom stereocenters. The summed E-state index contributed by atoms with van der Waals surface area (Å²) in [4.78, 5) is 14.1. The van der Waals surface area contributed by atoms with Crippen molar-refractivity contribution in [1.82, 2.24) is 0 Å². The van der Waals surface area contributed by atoms with E-state index in [1.165, 1.54) is 0 Å². The Morgan fingerprint density at radius 2 is 2.12 bits per heavy atom. The van der Waals surface area contributed by atoms with Gasteiger partial charge in [0, 0.05) is 29.9 Å². The van der Waals surface area contributed by atoms with Crippen molar-refractivity contribution in [1.29, 1.82) is 0 Å². The quantitative estimate of drug-likeness (QED) is 0.756. The lowest BCUT2D eigenvalue weighted by atomic mass is 9.91. The predicted octanol–water partition coefficient (Wildman–Crippen LogP) is 2.59. The summed E-state index contributed by atoms with van der Waals surface area (Å²) in [5.74, 6) is 0.196. The standard InChI is InChI=1S/C14H20N2O/c1-14(2,3)9-13(17)16-8-7-10-11(15)5-4-6-12(10)16/h4-6H,7-9,15H2,1-3H3. The second kappa shape index (κ2) is 4.06. The Hall–Kier alpha value is -1.51. The molecule has 3 heteroatoms. The molecule has 1 aliphatic heterocycles. The van der Waals surface area contributed by atoms with Crippen LogP contribution in [-0.2, 0) is 11.2 Å². The molecule has 3 nitrogen and oxygen atoms in total. The number of nitrogen functional groups attached to an aromatic ring is 1. The van der Waals surface area contributed by atoms with E-state index in [1.807, 2.05) is 23.1 Å². The lowest BCUT2D eigenvalue weighted by Crippen LogP contribution is -2.31. The molecule has 0 bridgehead atoms. The zero-order valence-electron chi connectivity index (χ0n) is 10.8. The number of hydrogen-bond donors (Lipinski definition) is 1. The minimum atomic E-state index is 0.0279. The highest BCUT2D eigenvalue weighted by Crippen LogP contribution is 2.33. The fourth-order valence-electron chi connectivity index (χ4n) is 2.27. The van der Waals surface area contributed by atoms with Crippen LogP contribution in [-0.4, -0.2) is 12.5 Å². The van der Waals surface area contributed by atoms with Gasteiger partial charge in [0.25, 0.3) is 0 Å². The summed E-state index contributed by atoms with van der Waals surface area (Å²) in [6.45, 7) is 7.02. The number of amides is 1. The van der Waals surface area contributed by atoms with Crippen LogP contribution in [0.4, 0.5) is 11.4 Å². The third-order valence-corrected chi connectivity index (χ3v) is 3.05. The first kappa shape index (κ1) is 12.0. The highest BCUT2D eigenvalue weighted by atomic mass is 16.2. The topological polar surface area (TPSA) is 46.3 Å². The van der Waals surface area contributed by atoms with E-state index >= 15 is 0 Å². The van der Waals surface area contributed by atoms with Gasteiger partial charge in [-0.1, -0.05) is 26.8 Å². The first-order valence-corrected chi connectivity index (χ1v) is 6.06. The van der Waals surface area contributed by atoms with Gasteiger partial charge in [0.05, 0.1) is 0 Å². The van der Waals surface area contributed by atoms with Crippen LogP contribution >= 0.6 is 0 Å². The first-order chi connectivity index (χ1) is 7.88. The fourth-order valence-corrected chi connectivity index (χ4v) is 2.27. The Bertz CT molecular complexity index is 446. The second-order valence-corrected chi connectivity index (χ2v) is 5.88. The van der Waals surface area contributed by atoms with Gasteiger partial charge < -0.3 is 10.6 Å². The molecule has 0 aliphatic carbocycles. The van der Waals surface area contributed by atoms with Crippen molar-refractivity contribution in [3.8, 4) is 0 Å². The minimum Gasteiger partial charge on any atom is -0.398 e. The molecule has 17 heavy (non-hydrogen) atoms. The minimum absolute atomic E-state index is 0.0279. The van der Waals surface area contributed by atoms with Crippen LogP contribution in [0.5, 0.6) is 0 Å². The summed E-state index contributed by atoms with van der Waals surface area (Å²) < 4.78 is 0. The molecule has 0 saturated carbocycles. The van der Waals surface area contributed by atoms with Gasteiger partial charge in [-0.2, -0.15) is 0 Å². The summed E-state index contributed by atoms with van der Waals surface area (Å²) in [6.07, 6.45) is 1.44. The van der Waals surface area contributed by atoms with Gasteiger partial charge in [0.2, 0.25) is 5.91 Å². The van der Waals surface area contributed by atoms with Crippen LogP contribution in [0.25, 0.3) is 0 Å². The summed E-state index contributed by atoms with van der Waals surface area (Å²) in [7, 11) is 0. The van der Waals surface area contributed by atoms with Crippen LogP contribution in [0.3, 0.4) is 0 Å². The van der Waals surface area contributed by atoms with E-state index in [4.69, 9.17) is 5.73 Å². The molecule has 0 fully saturated rings. The molecule has 1 amide bonds. The van der Waals surface area contributed by atoms with E-state index in [0.29, 0.717) is 6.42 Å². The molecule has 1 heterocycles. The van der Waals surface area contributed by atoms with Crippen molar-refractivity contribution in [2.75, 3.05) is 17.2 Å². The SMILES string of the molecule is CC(C)(C)CC(=O)N1CCc2c(N)cccc21. The number of nitrogens with two attached hydrogens (primary N) is 1. The summed E-state index contributed by atoms with van der Waals surface area (Å²) in [5.41, 5.74) is 8.87. The number of benzene rings is 1. The number of nitrogens with zero attached hydrogens (tertiary/aromatic N) is 1. The molecule has 0 saturated heterocycles. The molecule has 1 aliphatic rings. The summed E-state index contributed by atoms with van der Waals surface area (Å²) in [5, 5.41) is 0. The molecular formula is C14H20N2O. The average Bonchev–Trinajstić information content (AvgIpc) is 2.60. The lowest BCUT2D eigenvalue weighted by Gasteiger charge is -2.23. The molecule has 92 valence electrons. The number of hydrogen-bond acceptors (Lipinski definition) is 2. The highest BCUT2D eigenvalue weighted by molar-refractivity contribution is 5.96. The number of carbonyl (C=O) groups is 1. The van der Waals surface area contributed by atoms with Gasteiger partial charge in [-0.25, -0.2) is 0 Å². The van der Waals surface area contributed by atoms with Crippen LogP contribution in [0.2, 0.25) is 0 Å². The maximum absolute atomic E-state index is 12.2. The van der Waals surface area contributed by atoms with Crippen LogP contribution < -0.4 is 10.6 Å². The van der Waals surface area contributed by atoms with Crippen LogP contribution in [0.1, 0.15) is 32.8 Å².